The van der Waals surface area contributed by atoms with Crippen molar-refractivity contribution in [2.75, 3.05) is 0 Å². The van der Waals surface area contributed by atoms with Gasteiger partial charge in [0.1, 0.15) is 0 Å². The molecule has 0 unspecified atom stereocenters. The van der Waals surface area contributed by atoms with Crippen LogP contribution in [0.1, 0.15) is 38.3 Å². The van der Waals surface area contributed by atoms with Crippen LogP contribution in [0.25, 0.3) is 0 Å². The van der Waals surface area contributed by atoms with Gasteiger partial charge in [0.25, 0.3) is 0 Å². The molecule has 0 aliphatic heterocycles. The van der Waals surface area contributed by atoms with Crippen LogP contribution in [-0.4, -0.2) is 6.08 Å². The quantitative estimate of drug-likeness (QED) is 0.607. The molecule has 0 amide bonds. The van der Waals surface area contributed by atoms with Crippen molar-refractivity contribution in [1.82, 2.24) is 0 Å². The summed E-state index contributed by atoms with van der Waals surface area (Å²) in [6.07, 6.45) is 3.80. The minimum absolute atomic E-state index is 0.505. The van der Waals surface area contributed by atoms with Gasteiger partial charge in [0.05, 0.1) is 5.54 Å². The van der Waals surface area contributed by atoms with Crippen molar-refractivity contribution in [2.45, 2.75) is 39.2 Å². The van der Waals surface area contributed by atoms with Crippen molar-refractivity contribution in [1.29, 1.82) is 0 Å². The van der Waals surface area contributed by atoms with Gasteiger partial charge in [-0.05, 0) is 37.5 Å². The van der Waals surface area contributed by atoms with Crippen molar-refractivity contribution in [3.63, 3.8) is 0 Å². The van der Waals surface area contributed by atoms with Crippen LogP contribution < -0.4 is 0 Å². The maximum Gasteiger partial charge on any atom is 0.235 e. The van der Waals surface area contributed by atoms with Gasteiger partial charge in [-0.2, -0.15) is 4.99 Å². The molecule has 0 fully saturated rings. The van der Waals surface area contributed by atoms with E-state index in [-0.39, 0.29) is 0 Å². The Kier molecular flexibility index (Phi) is 4.45. The number of benzene rings is 1. The number of hydrogen-bond donors (Lipinski definition) is 0. The highest BCUT2D eigenvalue weighted by Crippen LogP contribution is 2.29. The molecule has 0 aliphatic carbocycles. The van der Waals surface area contributed by atoms with Crippen molar-refractivity contribution in [3.8, 4) is 0 Å². The first-order chi connectivity index (χ1) is 7.51. The number of carbonyl (C=O) groups excluding carboxylic acids is 1. The molecule has 1 aromatic rings. The number of rotatable bonds is 4. The van der Waals surface area contributed by atoms with E-state index in [9.17, 15) is 4.79 Å². The van der Waals surface area contributed by atoms with Crippen molar-refractivity contribution in [2.24, 2.45) is 4.99 Å². The average molecular weight is 282 g/mol. The molecule has 0 saturated carbocycles. The lowest BCUT2D eigenvalue weighted by molar-refractivity contribution is 0.522. The van der Waals surface area contributed by atoms with Gasteiger partial charge in [-0.1, -0.05) is 41.4 Å². The highest BCUT2D eigenvalue weighted by molar-refractivity contribution is 9.10. The fourth-order valence-corrected chi connectivity index (χ4v) is 2.16. The van der Waals surface area contributed by atoms with Gasteiger partial charge in [-0.3, -0.25) is 0 Å². The molecular formula is C13H16BrNO. The number of isocyanates is 1. The molecule has 86 valence electrons. The Balaban J connectivity index is 3.10. The zero-order valence-electron chi connectivity index (χ0n) is 9.88. The van der Waals surface area contributed by atoms with Crippen LogP contribution in [0, 0.1) is 0 Å². The van der Waals surface area contributed by atoms with Crippen LogP contribution in [-0.2, 0) is 16.8 Å². The van der Waals surface area contributed by atoms with Gasteiger partial charge in [-0.25, -0.2) is 4.79 Å². The number of hydrogen-bond acceptors (Lipinski definition) is 2. The molecule has 0 N–H and O–H groups in total. The van der Waals surface area contributed by atoms with Gasteiger partial charge >= 0.3 is 0 Å². The smallest absolute Gasteiger partial charge is 0.211 e. The molecule has 0 radical (unpaired) electrons. The lowest BCUT2D eigenvalue weighted by Crippen LogP contribution is -2.13. The van der Waals surface area contributed by atoms with Crippen molar-refractivity contribution < 1.29 is 4.79 Å². The molecule has 0 aromatic heterocycles. The lowest BCUT2D eigenvalue weighted by atomic mass is 9.94. The van der Waals surface area contributed by atoms with Crippen LogP contribution in [0.4, 0.5) is 0 Å². The molecule has 16 heavy (non-hydrogen) atoms. The summed E-state index contributed by atoms with van der Waals surface area (Å²) in [6, 6.07) is 6.15. The standard InChI is InChI=1S/C13H16BrNO/c1-4-5-10-6-7-11(8-12(10)14)13(2,3)15-9-16/h6-8H,4-5H2,1-3H3. The fourth-order valence-electron chi connectivity index (χ4n) is 1.58. The number of halogens is 1. The van der Waals surface area contributed by atoms with Crippen molar-refractivity contribution in [3.05, 3.63) is 33.8 Å². The van der Waals surface area contributed by atoms with Crippen LogP contribution in [0.5, 0.6) is 0 Å². The zero-order chi connectivity index (χ0) is 12.2. The second kappa shape index (κ2) is 5.42. The first kappa shape index (κ1) is 13.1. The first-order valence-electron chi connectivity index (χ1n) is 5.39. The minimum atomic E-state index is -0.505. The summed E-state index contributed by atoms with van der Waals surface area (Å²) in [5, 5.41) is 0. The molecule has 0 bridgehead atoms. The molecule has 3 heteroatoms. The van der Waals surface area contributed by atoms with Crippen LogP contribution in [0.2, 0.25) is 0 Å². The summed E-state index contributed by atoms with van der Waals surface area (Å²) in [4.78, 5) is 14.2. The molecule has 0 spiro atoms. The van der Waals surface area contributed by atoms with E-state index in [4.69, 9.17) is 0 Å². The predicted molar refractivity (Wildman–Crippen MR) is 69.3 cm³/mol. The molecule has 0 heterocycles. The normalized spacial score (nSPS) is 11.0. The third-order valence-corrected chi connectivity index (χ3v) is 3.34. The fraction of sp³-hybridized carbons (Fsp3) is 0.462. The van der Waals surface area contributed by atoms with Crippen LogP contribution in [0.15, 0.2) is 27.7 Å². The van der Waals surface area contributed by atoms with E-state index in [2.05, 4.69) is 33.9 Å². The maximum atomic E-state index is 10.3. The van der Waals surface area contributed by atoms with Gasteiger partial charge in [0.15, 0.2) is 0 Å². The minimum Gasteiger partial charge on any atom is -0.211 e. The third-order valence-electron chi connectivity index (χ3n) is 2.60. The summed E-state index contributed by atoms with van der Waals surface area (Å²) >= 11 is 3.55. The predicted octanol–water partition coefficient (Wildman–Crippen LogP) is 3.97. The van der Waals surface area contributed by atoms with E-state index in [0.29, 0.717) is 0 Å². The first-order valence-corrected chi connectivity index (χ1v) is 6.18. The van der Waals surface area contributed by atoms with Gasteiger partial charge < -0.3 is 0 Å². The van der Waals surface area contributed by atoms with Crippen molar-refractivity contribution >= 4 is 22.0 Å². The highest BCUT2D eigenvalue weighted by Gasteiger charge is 2.19. The molecule has 1 rings (SSSR count). The second-order valence-corrected chi connectivity index (χ2v) is 5.17. The Hall–Kier alpha value is -0.920. The maximum absolute atomic E-state index is 10.3. The van der Waals surface area contributed by atoms with E-state index < -0.39 is 5.54 Å². The van der Waals surface area contributed by atoms with E-state index in [1.165, 1.54) is 5.56 Å². The Morgan fingerprint density at radius 2 is 2.12 bits per heavy atom. The van der Waals surface area contributed by atoms with Gasteiger partial charge in [-0.15, -0.1) is 0 Å². The molecule has 0 atom stereocenters. The molecule has 2 nitrogen and oxygen atoms in total. The Bertz CT molecular complexity index is 420. The summed E-state index contributed by atoms with van der Waals surface area (Å²) in [5.74, 6) is 0. The largest absolute Gasteiger partial charge is 0.235 e. The molecule has 0 aliphatic rings. The Labute approximate surface area is 105 Å². The summed E-state index contributed by atoms with van der Waals surface area (Å²) in [7, 11) is 0. The summed E-state index contributed by atoms with van der Waals surface area (Å²) in [6.45, 7) is 5.96. The summed E-state index contributed by atoms with van der Waals surface area (Å²) in [5.41, 5.74) is 1.80. The number of aryl methyl sites for hydroxylation is 1. The van der Waals surface area contributed by atoms with Gasteiger partial charge in [0, 0.05) is 4.47 Å². The second-order valence-electron chi connectivity index (χ2n) is 4.32. The average Bonchev–Trinajstić information content (AvgIpc) is 2.21. The monoisotopic (exact) mass is 281 g/mol. The van der Waals surface area contributed by atoms with Crippen LogP contribution in [0.3, 0.4) is 0 Å². The van der Waals surface area contributed by atoms with E-state index in [1.807, 2.05) is 26.0 Å². The molecule has 0 saturated heterocycles. The number of aliphatic imine (C=N–C) groups is 1. The Morgan fingerprint density at radius 1 is 1.44 bits per heavy atom. The lowest BCUT2D eigenvalue weighted by Gasteiger charge is -2.19. The topological polar surface area (TPSA) is 29.4 Å². The zero-order valence-corrected chi connectivity index (χ0v) is 11.5. The van der Waals surface area contributed by atoms with E-state index >= 15 is 0 Å². The third kappa shape index (κ3) is 3.03. The number of nitrogens with zero attached hydrogens (tertiary/aromatic N) is 1. The van der Waals surface area contributed by atoms with Crippen LogP contribution >= 0.6 is 15.9 Å². The molecule has 1 aromatic carbocycles. The Morgan fingerprint density at radius 3 is 2.62 bits per heavy atom. The van der Waals surface area contributed by atoms with Gasteiger partial charge in [0.2, 0.25) is 6.08 Å². The van der Waals surface area contributed by atoms with E-state index in [1.54, 1.807) is 6.08 Å². The SMILES string of the molecule is CCCc1ccc(C(C)(C)N=C=O)cc1Br. The summed E-state index contributed by atoms with van der Waals surface area (Å²) < 4.78 is 1.08. The molecular weight excluding hydrogens is 266 g/mol. The highest BCUT2D eigenvalue weighted by atomic mass is 79.9. The van der Waals surface area contributed by atoms with E-state index in [0.717, 1.165) is 22.9 Å².